The number of pyridine rings is 2. The molecule has 0 bridgehead atoms. The van der Waals surface area contributed by atoms with Crippen LogP contribution in [0.25, 0.3) is 22.6 Å². The van der Waals surface area contributed by atoms with Crippen LogP contribution in [0.1, 0.15) is 30.5 Å². The lowest BCUT2D eigenvalue weighted by Crippen LogP contribution is -2.43. The van der Waals surface area contributed by atoms with E-state index in [9.17, 15) is 23.1 Å². The van der Waals surface area contributed by atoms with Crippen LogP contribution < -0.4 is 4.74 Å². The molecule has 0 unspecified atom stereocenters. The normalized spacial score (nSPS) is 14.9. The molecule has 3 aromatic rings. The van der Waals surface area contributed by atoms with E-state index in [1.165, 1.54) is 4.57 Å². The van der Waals surface area contributed by atoms with Crippen molar-refractivity contribution in [3.05, 3.63) is 48.0 Å². The Balaban J connectivity index is 1.50. The molecule has 0 aliphatic heterocycles. The molecule has 1 N–H and O–H groups in total. The maximum Gasteiger partial charge on any atom is 0.434 e. The molecule has 0 radical (unpaired) electrons. The van der Waals surface area contributed by atoms with Crippen LogP contribution in [-0.2, 0) is 22.4 Å². The Morgan fingerprint density at radius 2 is 1.97 bits per heavy atom. The molecule has 12 heteroatoms. The highest BCUT2D eigenvalue weighted by molar-refractivity contribution is 6.55. The summed E-state index contributed by atoms with van der Waals surface area (Å²) in [6, 6.07) is 6.03. The third-order valence-corrected chi connectivity index (χ3v) is 8.18. The van der Waals surface area contributed by atoms with Crippen molar-refractivity contribution in [3.8, 4) is 28.5 Å². The van der Waals surface area contributed by atoms with E-state index < -0.39 is 32.1 Å². The number of imidazole rings is 1. The molecule has 1 aliphatic rings. The summed E-state index contributed by atoms with van der Waals surface area (Å²) in [4.78, 5) is 24.0. The highest BCUT2D eigenvalue weighted by Crippen LogP contribution is 2.41. The van der Waals surface area contributed by atoms with Crippen molar-refractivity contribution < 1.29 is 32.5 Å². The van der Waals surface area contributed by atoms with Gasteiger partial charge in [0.25, 0.3) is 0 Å². The van der Waals surface area contributed by atoms with E-state index in [0.717, 1.165) is 35.4 Å². The number of carboxylic acid groups (broad SMARTS) is 1. The summed E-state index contributed by atoms with van der Waals surface area (Å²) < 4.78 is 52.7. The Morgan fingerprint density at radius 1 is 1.21 bits per heavy atom. The molecule has 0 saturated heterocycles. The van der Waals surface area contributed by atoms with E-state index in [1.54, 1.807) is 30.6 Å². The number of rotatable bonds is 11. The summed E-state index contributed by atoms with van der Waals surface area (Å²) >= 11 is 0. The number of aryl methyl sites for hydroxylation is 1. The van der Waals surface area contributed by atoms with E-state index in [1.807, 2.05) is 6.92 Å². The van der Waals surface area contributed by atoms with Crippen molar-refractivity contribution >= 4 is 14.8 Å². The molecule has 0 amide bonds. The van der Waals surface area contributed by atoms with Crippen LogP contribution in [0.4, 0.5) is 13.2 Å². The first-order chi connectivity index (χ1) is 18.0. The number of carboxylic acids is 1. The van der Waals surface area contributed by atoms with Gasteiger partial charge in [0.1, 0.15) is 24.4 Å². The Labute approximate surface area is 220 Å². The first-order valence-electron chi connectivity index (χ1n) is 12.5. The summed E-state index contributed by atoms with van der Waals surface area (Å²) in [6.45, 7) is 6.74. The second-order valence-electron chi connectivity index (χ2n) is 10.1. The SMILES string of the molecule is Cc1cc(OCC2(C(=O)O)CCC2)ncc1-c1ccc(-c2nc(C(F)(F)F)cn2COCC[SiH](C)C)nc1. The van der Waals surface area contributed by atoms with Crippen LogP contribution >= 0.6 is 0 Å². The first kappa shape index (κ1) is 27.8. The largest absolute Gasteiger partial charge is 0.481 e. The molecule has 0 atom stereocenters. The number of hydrogen-bond donors (Lipinski definition) is 1. The zero-order valence-corrected chi connectivity index (χ0v) is 22.7. The molecular weight excluding hydrogens is 517 g/mol. The van der Waals surface area contributed by atoms with Crippen LogP contribution in [0.2, 0.25) is 19.1 Å². The summed E-state index contributed by atoms with van der Waals surface area (Å²) in [7, 11) is -0.827. The fourth-order valence-corrected chi connectivity index (χ4v) is 4.81. The number of halogens is 3. The third-order valence-electron chi connectivity index (χ3n) is 6.79. The second-order valence-corrected chi connectivity index (χ2v) is 13.5. The standard InChI is InChI=1S/C26H31F3N4O4Si/c1-17-11-22(37-15-25(24(34)35)7-4-8-25)31-13-19(17)18-5-6-20(30-12-18)23-32-21(26(27,28)29)14-33(23)16-36-9-10-38(2)3/h5-6,11-14,38H,4,7-10,15-16H2,1-3H3,(H,34,35). The second kappa shape index (κ2) is 11.2. The van der Waals surface area contributed by atoms with Gasteiger partial charge in [-0.05, 0) is 37.4 Å². The number of ether oxygens (including phenoxy) is 2. The summed E-state index contributed by atoms with van der Waals surface area (Å²) in [6.07, 6.45) is 1.59. The Morgan fingerprint density at radius 3 is 2.53 bits per heavy atom. The zero-order valence-electron chi connectivity index (χ0n) is 21.6. The third kappa shape index (κ3) is 6.24. The van der Waals surface area contributed by atoms with E-state index in [0.29, 0.717) is 25.3 Å². The number of carbonyl (C=O) groups is 1. The van der Waals surface area contributed by atoms with Crippen molar-refractivity contribution in [2.45, 2.75) is 58.2 Å². The average Bonchev–Trinajstić information content (AvgIpc) is 3.26. The van der Waals surface area contributed by atoms with Gasteiger partial charge in [0.15, 0.2) is 11.5 Å². The number of hydrogen-bond acceptors (Lipinski definition) is 6. The van der Waals surface area contributed by atoms with Gasteiger partial charge in [-0.2, -0.15) is 13.2 Å². The minimum absolute atomic E-state index is 0.0450. The molecular formula is C26H31F3N4O4Si. The highest BCUT2D eigenvalue weighted by Gasteiger charge is 2.45. The van der Waals surface area contributed by atoms with Crippen molar-refractivity contribution in [2.75, 3.05) is 13.2 Å². The summed E-state index contributed by atoms with van der Waals surface area (Å²) in [5.41, 5.74) is 0.781. The van der Waals surface area contributed by atoms with Gasteiger partial charge in [0.05, 0.1) is 0 Å². The van der Waals surface area contributed by atoms with Crippen molar-refractivity contribution in [1.29, 1.82) is 0 Å². The molecule has 1 fully saturated rings. The van der Waals surface area contributed by atoms with Gasteiger partial charge >= 0.3 is 12.1 Å². The zero-order chi connectivity index (χ0) is 27.5. The number of nitrogens with zero attached hydrogens (tertiary/aromatic N) is 4. The van der Waals surface area contributed by atoms with Crippen LogP contribution in [0.15, 0.2) is 36.8 Å². The monoisotopic (exact) mass is 548 g/mol. The smallest absolute Gasteiger partial charge is 0.434 e. The predicted octanol–water partition coefficient (Wildman–Crippen LogP) is 5.43. The predicted molar refractivity (Wildman–Crippen MR) is 137 cm³/mol. The van der Waals surface area contributed by atoms with E-state index in [2.05, 4.69) is 28.0 Å². The maximum atomic E-state index is 13.4. The van der Waals surface area contributed by atoms with Crippen LogP contribution in [0.5, 0.6) is 5.88 Å². The van der Waals surface area contributed by atoms with Crippen LogP contribution in [0.3, 0.4) is 0 Å². The van der Waals surface area contributed by atoms with Gasteiger partial charge in [0, 0.05) is 51.2 Å². The quantitative estimate of drug-likeness (QED) is 0.252. The van der Waals surface area contributed by atoms with E-state index in [-0.39, 0.29) is 24.9 Å². The molecule has 8 nitrogen and oxygen atoms in total. The van der Waals surface area contributed by atoms with Gasteiger partial charge < -0.3 is 19.1 Å². The molecule has 0 aromatic carbocycles. The van der Waals surface area contributed by atoms with Crippen LogP contribution in [0, 0.1) is 12.3 Å². The van der Waals surface area contributed by atoms with Crippen LogP contribution in [-0.4, -0.2) is 52.6 Å². The lowest BCUT2D eigenvalue weighted by molar-refractivity contribution is -0.157. The molecule has 38 heavy (non-hydrogen) atoms. The number of alkyl halides is 3. The Kier molecular flexibility index (Phi) is 8.21. The highest BCUT2D eigenvalue weighted by atomic mass is 28.3. The summed E-state index contributed by atoms with van der Waals surface area (Å²) in [5.74, 6) is -0.437. The van der Waals surface area contributed by atoms with Crippen molar-refractivity contribution in [2.24, 2.45) is 5.41 Å². The van der Waals surface area contributed by atoms with Gasteiger partial charge in [-0.15, -0.1) is 0 Å². The first-order valence-corrected chi connectivity index (χ1v) is 15.6. The minimum Gasteiger partial charge on any atom is -0.481 e. The maximum absolute atomic E-state index is 13.4. The number of aliphatic carboxylic acids is 1. The number of aromatic nitrogens is 4. The molecule has 0 spiro atoms. The van der Waals surface area contributed by atoms with Crippen molar-refractivity contribution in [3.63, 3.8) is 0 Å². The van der Waals surface area contributed by atoms with E-state index in [4.69, 9.17) is 9.47 Å². The molecule has 1 aliphatic carbocycles. The topological polar surface area (TPSA) is 99.4 Å². The molecule has 4 rings (SSSR count). The minimum atomic E-state index is -4.58. The molecule has 204 valence electrons. The lowest BCUT2D eigenvalue weighted by Gasteiger charge is -2.36. The van der Waals surface area contributed by atoms with Gasteiger partial charge in [-0.1, -0.05) is 25.6 Å². The lowest BCUT2D eigenvalue weighted by atomic mass is 9.69. The van der Waals surface area contributed by atoms with Gasteiger partial charge in [0.2, 0.25) is 5.88 Å². The molecule has 3 aromatic heterocycles. The average molecular weight is 549 g/mol. The fourth-order valence-electron chi connectivity index (χ4n) is 4.17. The Hall–Kier alpha value is -3.25. The van der Waals surface area contributed by atoms with Gasteiger partial charge in [-0.3, -0.25) is 9.78 Å². The van der Waals surface area contributed by atoms with Gasteiger partial charge in [-0.25, -0.2) is 9.97 Å². The van der Waals surface area contributed by atoms with Crippen molar-refractivity contribution in [1.82, 2.24) is 19.5 Å². The molecule has 1 saturated carbocycles. The summed E-state index contributed by atoms with van der Waals surface area (Å²) in [5, 5.41) is 9.47. The molecule has 3 heterocycles. The van der Waals surface area contributed by atoms with E-state index >= 15 is 0 Å². The Bertz CT molecular complexity index is 1270. The fraction of sp³-hybridized carbons (Fsp3) is 0.462.